The van der Waals surface area contributed by atoms with E-state index < -0.39 is 17.9 Å². The molecule has 21 heavy (non-hydrogen) atoms. The Bertz CT molecular complexity index is 614. The maximum atomic E-state index is 12.3. The fourth-order valence-electron chi connectivity index (χ4n) is 2.07. The number of carbonyl (C=O) groups excluding carboxylic acids is 3. The second-order valence-corrected chi connectivity index (χ2v) is 4.44. The smallest absolute Gasteiger partial charge is 0.257 e. The van der Waals surface area contributed by atoms with E-state index in [1.165, 1.54) is 13.2 Å². The van der Waals surface area contributed by atoms with Crippen LogP contribution < -0.4 is 15.4 Å². The van der Waals surface area contributed by atoms with Crippen molar-refractivity contribution in [3.05, 3.63) is 23.8 Å². The number of imide groups is 1. The topological polar surface area (TPSA) is 121 Å². The van der Waals surface area contributed by atoms with Crippen LogP contribution in [0.2, 0.25) is 0 Å². The zero-order chi connectivity index (χ0) is 15.4. The van der Waals surface area contributed by atoms with Crippen LogP contribution in [-0.4, -0.2) is 30.9 Å². The van der Waals surface area contributed by atoms with Crippen molar-refractivity contribution in [2.24, 2.45) is 5.11 Å². The summed E-state index contributed by atoms with van der Waals surface area (Å²) in [4.78, 5) is 35.0. The van der Waals surface area contributed by atoms with Crippen LogP contribution in [0.1, 0.15) is 23.2 Å². The van der Waals surface area contributed by atoms with Gasteiger partial charge in [-0.2, -0.15) is 5.11 Å². The minimum atomic E-state index is -0.793. The van der Waals surface area contributed by atoms with Gasteiger partial charge in [0, 0.05) is 6.42 Å². The number of amides is 3. The maximum Gasteiger partial charge on any atom is 0.257 e. The average molecular weight is 290 g/mol. The van der Waals surface area contributed by atoms with Gasteiger partial charge in [0.05, 0.1) is 7.11 Å². The quantitative estimate of drug-likeness (QED) is 0.563. The van der Waals surface area contributed by atoms with Crippen LogP contribution in [0.4, 0.5) is 5.69 Å². The van der Waals surface area contributed by atoms with Gasteiger partial charge in [-0.1, -0.05) is 6.07 Å². The fraction of sp³-hybridized carbons (Fsp3) is 0.308. The molecule has 2 rings (SSSR count). The molecule has 110 valence electrons. The van der Waals surface area contributed by atoms with Gasteiger partial charge in [-0.15, -0.1) is 0 Å². The van der Waals surface area contributed by atoms with Crippen LogP contribution >= 0.6 is 0 Å². The fourth-order valence-corrected chi connectivity index (χ4v) is 2.07. The van der Waals surface area contributed by atoms with E-state index in [0.717, 1.165) is 0 Å². The molecule has 1 heterocycles. The van der Waals surface area contributed by atoms with E-state index >= 15 is 0 Å². The number of rotatable bonds is 4. The molecular formula is C13H14N4O4. The zero-order valence-electron chi connectivity index (χ0n) is 11.3. The van der Waals surface area contributed by atoms with Crippen molar-refractivity contribution in [3.8, 4) is 5.75 Å². The number of carbonyl (C=O) groups is 3. The lowest BCUT2D eigenvalue weighted by atomic mass is 10.0. The van der Waals surface area contributed by atoms with Gasteiger partial charge in [-0.25, -0.2) is 5.53 Å². The highest BCUT2D eigenvalue weighted by Crippen LogP contribution is 2.28. The van der Waals surface area contributed by atoms with Gasteiger partial charge >= 0.3 is 0 Å². The van der Waals surface area contributed by atoms with Gasteiger partial charge in [0.2, 0.25) is 11.8 Å². The van der Waals surface area contributed by atoms with Crippen molar-refractivity contribution in [2.45, 2.75) is 18.9 Å². The highest BCUT2D eigenvalue weighted by molar-refractivity contribution is 6.06. The lowest BCUT2D eigenvalue weighted by molar-refractivity contribution is -0.134. The highest BCUT2D eigenvalue weighted by atomic mass is 16.5. The van der Waals surface area contributed by atoms with E-state index in [1.807, 2.05) is 0 Å². The van der Waals surface area contributed by atoms with Gasteiger partial charge in [0.1, 0.15) is 23.0 Å². The molecule has 0 bridgehead atoms. The van der Waals surface area contributed by atoms with Crippen molar-refractivity contribution in [1.82, 2.24) is 10.6 Å². The Morgan fingerprint density at radius 1 is 1.48 bits per heavy atom. The third kappa shape index (κ3) is 3.04. The summed E-state index contributed by atoms with van der Waals surface area (Å²) >= 11 is 0. The predicted octanol–water partition coefficient (Wildman–Crippen LogP) is 0.893. The molecule has 3 N–H and O–H groups in total. The van der Waals surface area contributed by atoms with Crippen LogP contribution in [0.3, 0.4) is 0 Å². The Balaban J connectivity index is 2.22. The number of ether oxygens (including phenoxy) is 1. The number of nitrogens with one attached hydrogen (secondary N) is 3. The predicted molar refractivity (Wildman–Crippen MR) is 71.4 cm³/mol. The molecule has 1 atom stereocenters. The molecule has 0 aliphatic carbocycles. The van der Waals surface area contributed by atoms with Crippen molar-refractivity contribution < 1.29 is 19.1 Å². The molecule has 1 unspecified atom stereocenters. The standard InChI is InChI=1S/C13H14N4O4/c1-21-9-4-2-3-7(17-14)11(9)13(20)15-8-5-6-10(18)16-12(8)19/h2-4,8,14H,5-6H2,1H3,(H,15,20)(H,16,18,19). The third-order valence-electron chi connectivity index (χ3n) is 3.12. The molecule has 0 saturated carbocycles. The summed E-state index contributed by atoms with van der Waals surface area (Å²) in [6, 6.07) is 3.87. The minimum Gasteiger partial charge on any atom is -0.496 e. The second-order valence-electron chi connectivity index (χ2n) is 4.44. The first-order valence-corrected chi connectivity index (χ1v) is 6.26. The molecule has 0 radical (unpaired) electrons. The minimum absolute atomic E-state index is 0.0831. The molecule has 0 spiro atoms. The Morgan fingerprint density at radius 2 is 2.24 bits per heavy atom. The monoisotopic (exact) mass is 290 g/mol. The van der Waals surface area contributed by atoms with E-state index in [1.54, 1.807) is 12.1 Å². The van der Waals surface area contributed by atoms with Gasteiger partial charge in [0.25, 0.3) is 5.91 Å². The Hall–Kier alpha value is -2.77. The van der Waals surface area contributed by atoms with Crippen LogP contribution in [0.25, 0.3) is 0 Å². The van der Waals surface area contributed by atoms with E-state index in [-0.39, 0.29) is 35.7 Å². The van der Waals surface area contributed by atoms with Gasteiger partial charge < -0.3 is 10.1 Å². The number of methoxy groups -OCH3 is 1. The first kappa shape index (κ1) is 14.6. The highest BCUT2D eigenvalue weighted by Gasteiger charge is 2.29. The van der Waals surface area contributed by atoms with Crippen LogP contribution in [0, 0.1) is 5.53 Å². The van der Waals surface area contributed by atoms with Crippen molar-refractivity contribution >= 4 is 23.4 Å². The summed E-state index contributed by atoms with van der Waals surface area (Å²) in [5.74, 6) is -1.22. The van der Waals surface area contributed by atoms with Crippen LogP contribution in [-0.2, 0) is 9.59 Å². The molecule has 1 fully saturated rings. The summed E-state index contributed by atoms with van der Waals surface area (Å²) in [7, 11) is 1.39. The largest absolute Gasteiger partial charge is 0.496 e. The summed E-state index contributed by atoms with van der Waals surface area (Å²) in [5, 5.41) is 7.97. The first-order valence-electron chi connectivity index (χ1n) is 6.26. The van der Waals surface area contributed by atoms with Crippen molar-refractivity contribution in [1.29, 1.82) is 5.53 Å². The van der Waals surface area contributed by atoms with E-state index in [9.17, 15) is 14.4 Å². The third-order valence-corrected chi connectivity index (χ3v) is 3.12. The zero-order valence-corrected chi connectivity index (χ0v) is 11.3. The summed E-state index contributed by atoms with van der Waals surface area (Å²) < 4.78 is 5.08. The number of benzene rings is 1. The first-order chi connectivity index (χ1) is 10.1. The summed E-state index contributed by atoms with van der Waals surface area (Å²) in [6.45, 7) is 0. The number of nitrogens with zero attached hydrogens (tertiary/aromatic N) is 1. The van der Waals surface area contributed by atoms with E-state index in [4.69, 9.17) is 10.3 Å². The second kappa shape index (κ2) is 6.12. The molecule has 1 aromatic rings. The summed E-state index contributed by atoms with van der Waals surface area (Å²) in [5.41, 5.74) is 7.32. The van der Waals surface area contributed by atoms with E-state index in [0.29, 0.717) is 0 Å². The average Bonchev–Trinajstić information content (AvgIpc) is 2.49. The van der Waals surface area contributed by atoms with Crippen LogP contribution in [0.5, 0.6) is 5.75 Å². The molecule has 0 aromatic heterocycles. The molecule has 1 saturated heterocycles. The number of hydrogen-bond donors (Lipinski definition) is 3. The molecule has 1 aliphatic heterocycles. The van der Waals surface area contributed by atoms with E-state index in [2.05, 4.69) is 15.7 Å². The van der Waals surface area contributed by atoms with Crippen molar-refractivity contribution in [3.63, 3.8) is 0 Å². The normalized spacial score (nSPS) is 17.9. The molecule has 1 aliphatic rings. The molecular weight excluding hydrogens is 276 g/mol. The van der Waals surface area contributed by atoms with Gasteiger partial charge in [0.15, 0.2) is 0 Å². The molecule has 3 amide bonds. The van der Waals surface area contributed by atoms with Gasteiger partial charge in [-0.05, 0) is 18.6 Å². The Kier molecular flexibility index (Phi) is 4.27. The van der Waals surface area contributed by atoms with Crippen molar-refractivity contribution in [2.75, 3.05) is 7.11 Å². The van der Waals surface area contributed by atoms with Gasteiger partial charge in [-0.3, -0.25) is 19.7 Å². The number of hydrogen-bond acceptors (Lipinski definition) is 6. The summed E-state index contributed by atoms with van der Waals surface area (Å²) in [6.07, 6.45) is 0.400. The lowest BCUT2D eigenvalue weighted by Gasteiger charge is -2.22. The Labute approximate surface area is 120 Å². The molecule has 8 heteroatoms. The SMILES string of the molecule is COc1cccc(N=N)c1C(=O)NC1CCC(=O)NC1=O. The van der Waals surface area contributed by atoms with Crippen LogP contribution in [0.15, 0.2) is 23.3 Å². The Morgan fingerprint density at radius 3 is 2.86 bits per heavy atom. The molecule has 8 nitrogen and oxygen atoms in total. The number of piperidine rings is 1. The lowest BCUT2D eigenvalue weighted by Crippen LogP contribution is -2.52. The molecule has 1 aromatic carbocycles. The maximum absolute atomic E-state index is 12.3.